The molecule has 0 unspecified atom stereocenters. The van der Waals surface area contributed by atoms with Crippen molar-refractivity contribution in [3.05, 3.63) is 27.1 Å². The lowest BCUT2D eigenvalue weighted by Crippen LogP contribution is -2.26. The van der Waals surface area contributed by atoms with Crippen LogP contribution in [-0.4, -0.2) is 31.3 Å². The lowest BCUT2D eigenvalue weighted by atomic mass is 10.3. The molecule has 7 heteroatoms. The molecule has 1 fully saturated rings. The van der Waals surface area contributed by atoms with E-state index in [1.165, 1.54) is 0 Å². The number of carbonyl (C=O) groups excluding carboxylic acids is 2. The Balaban J connectivity index is 1.84. The van der Waals surface area contributed by atoms with Crippen molar-refractivity contribution < 1.29 is 23.8 Å². The molecule has 1 aromatic rings. The maximum atomic E-state index is 11.5. The maximum absolute atomic E-state index is 11.5. The van der Waals surface area contributed by atoms with Crippen LogP contribution in [0.25, 0.3) is 0 Å². The minimum absolute atomic E-state index is 0.260. The van der Waals surface area contributed by atoms with Crippen molar-refractivity contribution in [2.24, 2.45) is 0 Å². The van der Waals surface area contributed by atoms with E-state index in [1.54, 1.807) is 18.2 Å². The Labute approximate surface area is 126 Å². The number of hydrogen-bond donors (Lipinski definition) is 0. The smallest absolute Gasteiger partial charge is 0.347 e. The first-order chi connectivity index (χ1) is 9.06. The summed E-state index contributed by atoms with van der Waals surface area (Å²) in [5, 5.41) is 0. The first kappa shape index (κ1) is 14.3. The van der Waals surface area contributed by atoms with Gasteiger partial charge in [0.15, 0.2) is 6.61 Å². The van der Waals surface area contributed by atoms with E-state index in [1.807, 2.05) is 0 Å². The van der Waals surface area contributed by atoms with E-state index in [4.69, 9.17) is 14.2 Å². The first-order valence-corrected chi connectivity index (χ1v) is 7.09. The number of benzene rings is 1. The van der Waals surface area contributed by atoms with Crippen LogP contribution in [0.5, 0.6) is 5.75 Å². The highest BCUT2D eigenvalue weighted by atomic mass is 79.9. The fourth-order valence-corrected chi connectivity index (χ4v) is 2.67. The van der Waals surface area contributed by atoms with Gasteiger partial charge in [0.05, 0.1) is 11.1 Å². The lowest BCUT2D eigenvalue weighted by molar-refractivity contribution is -0.161. The van der Waals surface area contributed by atoms with Gasteiger partial charge in [0, 0.05) is 10.9 Å². The van der Waals surface area contributed by atoms with Crippen LogP contribution < -0.4 is 4.74 Å². The number of carbonyl (C=O) groups is 2. The molecule has 1 aromatic carbocycles. The fraction of sp³-hybridized carbons (Fsp3) is 0.333. The van der Waals surface area contributed by atoms with E-state index in [0.29, 0.717) is 12.2 Å². The standard InChI is InChI=1S/C12H10Br2O5/c13-7-1-2-9(8(14)5-7)18-6-11(15)19-10-3-4-17-12(10)16/h1-2,5,10H,3-4,6H2/t10-/m1/s1. The lowest BCUT2D eigenvalue weighted by Gasteiger charge is -2.10. The summed E-state index contributed by atoms with van der Waals surface area (Å²) >= 11 is 6.63. The van der Waals surface area contributed by atoms with Gasteiger partial charge in [0.25, 0.3) is 0 Å². The third-order valence-electron chi connectivity index (χ3n) is 2.40. The van der Waals surface area contributed by atoms with Crippen LogP contribution in [0.1, 0.15) is 6.42 Å². The summed E-state index contributed by atoms with van der Waals surface area (Å²) < 4.78 is 16.6. The molecule has 1 atom stereocenters. The van der Waals surface area contributed by atoms with Crippen molar-refractivity contribution in [1.82, 2.24) is 0 Å². The van der Waals surface area contributed by atoms with E-state index < -0.39 is 18.0 Å². The van der Waals surface area contributed by atoms with Gasteiger partial charge in [-0.1, -0.05) is 15.9 Å². The fourth-order valence-electron chi connectivity index (χ4n) is 1.51. The Morgan fingerprint density at radius 2 is 2.21 bits per heavy atom. The zero-order chi connectivity index (χ0) is 13.8. The zero-order valence-electron chi connectivity index (χ0n) is 9.73. The largest absolute Gasteiger partial charge is 0.481 e. The predicted molar refractivity (Wildman–Crippen MR) is 72.8 cm³/mol. The molecule has 1 aliphatic rings. The zero-order valence-corrected chi connectivity index (χ0v) is 12.9. The number of ether oxygens (including phenoxy) is 3. The molecular formula is C12H10Br2O5. The average Bonchev–Trinajstić information content (AvgIpc) is 2.74. The molecule has 0 aliphatic carbocycles. The highest BCUT2D eigenvalue weighted by Crippen LogP contribution is 2.28. The Morgan fingerprint density at radius 3 is 2.84 bits per heavy atom. The van der Waals surface area contributed by atoms with Gasteiger partial charge in [-0.05, 0) is 34.1 Å². The van der Waals surface area contributed by atoms with Crippen LogP contribution in [0.15, 0.2) is 27.1 Å². The van der Waals surface area contributed by atoms with Gasteiger partial charge in [-0.25, -0.2) is 9.59 Å². The van der Waals surface area contributed by atoms with Gasteiger partial charge < -0.3 is 14.2 Å². The minimum atomic E-state index is -0.801. The second kappa shape index (κ2) is 6.38. The number of cyclic esters (lactones) is 1. The monoisotopic (exact) mass is 392 g/mol. The molecule has 0 aromatic heterocycles. The summed E-state index contributed by atoms with van der Waals surface area (Å²) in [5.41, 5.74) is 0. The molecule has 5 nitrogen and oxygen atoms in total. The van der Waals surface area contributed by atoms with Crippen LogP contribution in [0, 0.1) is 0 Å². The molecule has 1 saturated heterocycles. The summed E-state index contributed by atoms with van der Waals surface area (Å²) in [6.07, 6.45) is -0.406. The van der Waals surface area contributed by atoms with Crippen molar-refractivity contribution in [3.63, 3.8) is 0 Å². The first-order valence-electron chi connectivity index (χ1n) is 5.50. The Morgan fingerprint density at radius 1 is 1.42 bits per heavy atom. The van der Waals surface area contributed by atoms with Gasteiger partial charge in [0.2, 0.25) is 6.10 Å². The second-order valence-electron chi connectivity index (χ2n) is 3.80. The van der Waals surface area contributed by atoms with E-state index in [2.05, 4.69) is 31.9 Å². The molecule has 2 rings (SSSR count). The highest BCUT2D eigenvalue weighted by Gasteiger charge is 2.30. The summed E-state index contributed by atoms with van der Waals surface area (Å²) in [7, 11) is 0. The minimum Gasteiger partial charge on any atom is -0.481 e. The van der Waals surface area contributed by atoms with Crippen molar-refractivity contribution >= 4 is 43.8 Å². The molecule has 0 bridgehead atoms. The number of rotatable bonds is 4. The van der Waals surface area contributed by atoms with E-state index in [0.717, 1.165) is 8.95 Å². The van der Waals surface area contributed by atoms with Gasteiger partial charge >= 0.3 is 11.9 Å². The van der Waals surface area contributed by atoms with Crippen LogP contribution >= 0.6 is 31.9 Å². The van der Waals surface area contributed by atoms with Gasteiger partial charge in [0.1, 0.15) is 5.75 Å². The molecular weight excluding hydrogens is 384 g/mol. The maximum Gasteiger partial charge on any atom is 0.347 e. The van der Waals surface area contributed by atoms with Gasteiger partial charge in [-0.3, -0.25) is 0 Å². The number of halogens is 2. The highest BCUT2D eigenvalue weighted by molar-refractivity contribution is 9.11. The van der Waals surface area contributed by atoms with Crippen LogP contribution in [0.2, 0.25) is 0 Å². The number of hydrogen-bond acceptors (Lipinski definition) is 5. The molecule has 0 radical (unpaired) electrons. The summed E-state index contributed by atoms with van der Waals surface area (Å²) in [5.74, 6) is -0.578. The third-order valence-corrected chi connectivity index (χ3v) is 3.51. The normalized spacial score (nSPS) is 18.0. The van der Waals surface area contributed by atoms with Crippen LogP contribution in [-0.2, 0) is 19.1 Å². The van der Waals surface area contributed by atoms with Crippen LogP contribution in [0.3, 0.4) is 0 Å². The van der Waals surface area contributed by atoms with Crippen molar-refractivity contribution in [1.29, 1.82) is 0 Å². The Hall–Kier alpha value is -1.08. The Kier molecular flexibility index (Phi) is 4.81. The molecule has 102 valence electrons. The Bertz CT molecular complexity index is 503. The summed E-state index contributed by atoms with van der Waals surface area (Å²) in [6, 6.07) is 5.31. The van der Waals surface area contributed by atoms with Crippen molar-refractivity contribution in [3.8, 4) is 5.75 Å². The topological polar surface area (TPSA) is 61.8 Å². The third kappa shape index (κ3) is 3.94. The summed E-state index contributed by atoms with van der Waals surface area (Å²) in [4.78, 5) is 22.6. The van der Waals surface area contributed by atoms with E-state index in [-0.39, 0.29) is 13.2 Å². The second-order valence-corrected chi connectivity index (χ2v) is 5.57. The van der Waals surface area contributed by atoms with Gasteiger partial charge in [-0.2, -0.15) is 0 Å². The van der Waals surface area contributed by atoms with Crippen molar-refractivity contribution in [2.75, 3.05) is 13.2 Å². The molecule has 19 heavy (non-hydrogen) atoms. The molecule has 0 N–H and O–H groups in total. The van der Waals surface area contributed by atoms with Gasteiger partial charge in [-0.15, -0.1) is 0 Å². The SMILES string of the molecule is O=C(COc1ccc(Br)cc1Br)O[C@@H]1CCOC1=O. The molecule has 1 aliphatic heterocycles. The summed E-state index contributed by atoms with van der Waals surface area (Å²) in [6.45, 7) is 0.0277. The van der Waals surface area contributed by atoms with Crippen molar-refractivity contribution in [2.45, 2.75) is 12.5 Å². The molecule has 0 amide bonds. The average molecular weight is 394 g/mol. The molecule has 0 saturated carbocycles. The quantitative estimate of drug-likeness (QED) is 0.735. The number of esters is 2. The molecule has 1 heterocycles. The molecule has 0 spiro atoms. The van der Waals surface area contributed by atoms with Crippen LogP contribution in [0.4, 0.5) is 0 Å². The van der Waals surface area contributed by atoms with E-state index in [9.17, 15) is 9.59 Å². The van der Waals surface area contributed by atoms with E-state index >= 15 is 0 Å². The predicted octanol–water partition coefficient (Wildman–Crippen LogP) is 2.45.